The number of amides is 1. The van der Waals surface area contributed by atoms with E-state index in [0.717, 1.165) is 6.07 Å². The summed E-state index contributed by atoms with van der Waals surface area (Å²) in [4.78, 5) is 34.3. The Balaban J connectivity index is 1.39. The number of hydrogen-bond donors (Lipinski definition) is 3. The van der Waals surface area contributed by atoms with Crippen LogP contribution in [-0.4, -0.2) is 32.2 Å². The smallest absolute Gasteiger partial charge is 0.271 e. The molecule has 0 unspecified atom stereocenters. The molecule has 10 nitrogen and oxygen atoms in total. The van der Waals surface area contributed by atoms with Gasteiger partial charge in [0.2, 0.25) is 5.95 Å². The van der Waals surface area contributed by atoms with Crippen molar-refractivity contribution in [2.75, 3.05) is 17.7 Å². The van der Waals surface area contributed by atoms with Crippen molar-refractivity contribution < 1.29 is 28.2 Å². The summed E-state index contributed by atoms with van der Waals surface area (Å²) in [6.07, 6.45) is 4.27. The van der Waals surface area contributed by atoms with Crippen LogP contribution in [0.25, 0.3) is 16.8 Å². The molecule has 0 spiro atoms. The molecule has 0 aliphatic carbocycles. The third kappa shape index (κ3) is 5.87. The van der Waals surface area contributed by atoms with Crippen LogP contribution in [-0.2, 0) is 0 Å². The molecule has 1 amide bonds. The van der Waals surface area contributed by atoms with E-state index in [1.807, 2.05) is 0 Å². The second-order valence-corrected chi connectivity index (χ2v) is 8.85. The number of nitrogens with one attached hydrogen (secondary N) is 1. The second kappa shape index (κ2) is 11.8. The number of pyridine rings is 1. The van der Waals surface area contributed by atoms with E-state index in [1.54, 1.807) is 6.92 Å². The number of hydrogen-bond acceptors (Lipinski definition) is 8. The molecule has 12 heteroatoms. The van der Waals surface area contributed by atoms with Gasteiger partial charge in [-0.05, 0) is 67.6 Å². The van der Waals surface area contributed by atoms with Crippen molar-refractivity contribution in [1.29, 1.82) is 0 Å². The number of nitrogens with zero attached hydrogens (tertiary/aromatic N) is 3. The maximum absolute atomic E-state index is 15.1. The molecular weight excluding hydrogens is 548 g/mol. The summed E-state index contributed by atoms with van der Waals surface area (Å²) in [6, 6.07) is 14.7. The van der Waals surface area contributed by atoms with E-state index < -0.39 is 23.1 Å². The first-order valence-electron chi connectivity index (χ1n) is 12.6. The minimum Gasteiger partial charge on any atom is -0.507 e. The molecule has 0 aliphatic rings. The van der Waals surface area contributed by atoms with Crippen LogP contribution in [0, 0.1) is 11.6 Å². The van der Waals surface area contributed by atoms with E-state index in [1.165, 1.54) is 83.8 Å². The highest BCUT2D eigenvalue weighted by molar-refractivity contribution is 6.06. The van der Waals surface area contributed by atoms with Crippen LogP contribution in [0.15, 0.2) is 90.1 Å². The fourth-order valence-corrected chi connectivity index (χ4v) is 4.08. The highest BCUT2D eigenvalue weighted by Gasteiger charge is 2.21. The summed E-state index contributed by atoms with van der Waals surface area (Å²) < 4.78 is 40.8. The van der Waals surface area contributed by atoms with Crippen molar-refractivity contribution in [3.63, 3.8) is 0 Å². The van der Waals surface area contributed by atoms with Gasteiger partial charge in [0, 0.05) is 47.2 Å². The van der Waals surface area contributed by atoms with Crippen molar-refractivity contribution in [3.05, 3.63) is 113 Å². The summed E-state index contributed by atoms with van der Waals surface area (Å²) in [6.45, 7) is 1.88. The van der Waals surface area contributed by atoms with Crippen LogP contribution >= 0.6 is 0 Å². The van der Waals surface area contributed by atoms with Gasteiger partial charge >= 0.3 is 0 Å². The molecule has 2 heterocycles. The van der Waals surface area contributed by atoms with E-state index in [9.17, 15) is 19.1 Å². The lowest BCUT2D eigenvalue weighted by atomic mass is 10.1. The third-order valence-electron chi connectivity index (χ3n) is 6.05. The molecule has 42 heavy (non-hydrogen) atoms. The predicted octanol–water partition coefficient (Wildman–Crippen LogP) is 5.30. The zero-order chi connectivity index (χ0) is 29.8. The normalized spacial score (nSPS) is 10.7. The molecule has 2 aromatic heterocycles. The molecule has 0 fully saturated rings. The van der Waals surface area contributed by atoms with E-state index >= 15 is 4.39 Å². The Labute approximate surface area is 237 Å². The largest absolute Gasteiger partial charge is 0.507 e. The Bertz CT molecular complexity index is 1830. The fraction of sp³-hybridized carbons (Fsp3) is 0.0667. The summed E-state index contributed by atoms with van der Waals surface area (Å²) in [7, 11) is 0. The van der Waals surface area contributed by atoms with Gasteiger partial charge in [-0.25, -0.2) is 18.7 Å². The van der Waals surface area contributed by atoms with Crippen LogP contribution < -0.4 is 26.1 Å². The molecule has 0 aliphatic heterocycles. The number of phenols is 1. The van der Waals surface area contributed by atoms with Crippen LogP contribution in [0.5, 0.6) is 23.0 Å². The number of carbonyl (C=O) groups excluding carboxylic acids is 1. The lowest BCUT2D eigenvalue weighted by molar-refractivity contribution is 0.102. The number of rotatable bonds is 8. The minimum atomic E-state index is -0.832. The number of nitrogens with two attached hydrogens (primary N) is 1. The number of nitrogen functional groups attached to an aromatic ring is 1. The Hall–Kier alpha value is -5.78. The highest BCUT2D eigenvalue weighted by Crippen LogP contribution is 2.35. The summed E-state index contributed by atoms with van der Waals surface area (Å²) in [5.41, 5.74) is 5.70. The number of halogens is 2. The van der Waals surface area contributed by atoms with Gasteiger partial charge in [0.1, 0.15) is 28.6 Å². The third-order valence-corrected chi connectivity index (χ3v) is 6.05. The molecule has 0 saturated heterocycles. The van der Waals surface area contributed by atoms with Gasteiger partial charge in [-0.2, -0.15) is 0 Å². The Morgan fingerprint density at radius 3 is 2.43 bits per heavy atom. The summed E-state index contributed by atoms with van der Waals surface area (Å²) in [5, 5.41) is 12.8. The van der Waals surface area contributed by atoms with Gasteiger partial charge in [-0.15, -0.1) is 0 Å². The van der Waals surface area contributed by atoms with Gasteiger partial charge in [-0.1, -0.05) is 0 Å². The molecule has 0 atom stereocenters. The van der Waals surface area contributed by atoms with Gasteiger partial charge in [-0.3, -0.25) is 14.2 Å². The topological polar surface area (TPSA) is 142 Å². The second-order valence-electron chi connectivity index (χ2n) is 8.85. The van der Waals surface area contributed by atoms with Crippen molar-refractivity contribution >= 4 is 17.5 Å². The number of aromatic hydroxyl groups is 1. The molecule has 0 bridgehead atoms. The number of anilines is 2. The monoisotopic (exact) mass is 571 g/mol. The molecule has 0 radical (unpaired) electrons. The van der Waals surface area contributed by atoms with Gasteiger partial charge in [0.15, 0.2) is 11.6 Å². The first kappa shape index (κ1) is 27.8. The van der Waals surface area contributed by atoms with E-state index in [0.29, 0.717) is 16.8 Å². The first-order chi connectivity index (χ1) is 20.2. The van der Waals surface area contributed by atoms with Gasteiger partial charge < -0.3 is 25.6 Å². The van der Waals surface area contributed by atoms with E-state index in [2.05, 4.69) is 15.3 Å². The van der Waals surface area contributed by atoms with Crippen molar-refractivity contribution in [1.82, 2.24) is 14.5 Å². The molecular formula is C30H23F2N5O5. The Morgan fingerprint density at radius 1 is 1.00 bits per heavy atom. The average Bonchev–Trinajstić information content (AvgIpc) is 2.97. The SMILES string of the molecule is CCOc1ccn(-c2ccc(F)cc2)c(=O)c1C(=O)Nc1ccc(Oc2ccc(O)c(-c3cnc(N)nc3)c2)c(F)c1. The zero-order valence-electron chi connectivity index (χ0n) is 22.0. The first-order valence-corrected chi connectivity index (χ1v) is 12.6. The molecule has 5 rings (SSSR count). The number of ether oxygens (including phenoxy) is 2. The van der Waals surface area contributed by atoms with Crippen molar-refractivity contribution in [2.45, 2.75) is 6.92 Å². The quantitative estimate of drug-likeness (QED) is 0.228. The minimum absolute atomic E-state index is 0.0356. The zero-order valence-corrected chi connectivity index (χ0v) is 22.0. The van der Waals surface area contributed by atoms with Crippen LogP contribution in [0.4, 0.5) is 20.4 Å². The fourth-order valence-electron chi connectivity index (χ4n) is 4.08. The summed E-state index contributed by atoms with van der Waals surface area (Å²) in [5.74, 6) is -2.03. The van der Waals surface area contributed by atoms with Crippen molar-refractivity contribution in [2.24, 2.45) is 0 Å². The lowest BCUT2D eigenvalue weighted by Gasteiger charge is -2.14. The Kier molecular flexibility index (Phi) is 7.78. The lowest BCUT2D eigenvalue weighted by Crippen LogP contribution is -2.29. The maximum Gasteiger partial charge on any atom is 0.271 e. The molecule has 0 saturated carbocycles. The van der Waals surface area contributed by atoms with Crippen LogP contribution in [0.1, 0.15) is 17.3 Å². The van der Waals surface area contributed by atoms with E-state index in [4.69, 9.17) is 15.2 Å². The molecule has 4 N–H and O–H groups in total. The van der Waals surface area contributed by atoms with Gasteiger partial charge in [0.05, 0.1) is 6.61 Å². The number of phenolic OH excluding ortho intramolecular Hbond substituents is 1. The number of aromatic nitrogens is 3. The van der Waals surface area contributed by atoms with Crippen molar-refractivity contribution in [3.8, 4) is 39.8 Å². The number of benzene rings is 3. The standard InChI is InChI=1S/C30H23F2N5O5/c1-2-41-26-11-12-37(20-6-3-18(31)4-7-20)29(40)27(26)28(39)36-19-5-10-25(23(32)13-19)42-21-8-9-24(38)22(14-21)17-15-34-30(33)35-16-17/h3-16,38H,2H2,1H3,(H,36,39)(H2,33,34,35). The maximum atomic E-state index is 15.1. The van der Waals surface area contributed by atoms with Crippen LogP contribution in [0.3, 0.4) is 0 Å². The molecule has 3 aromatic carbocycles. The highest BCUT2D eigenvalue weighted by atomic mass is 19.1. The molecule has 212 valence electrons. The number of carbonyl (C=O) groups is 1. The molecule has 5 aromatic rings. The average molecular weight is 572 g/mol. The van der Waals surface area contributed by atoms with Crippen LogP contribution in [0.2, 0.25) is 0 Å². The Morgan fingerprint density at radius 2 is 1.74 bits per heavy atom. The van der Waals surface area contributed by atoms with E-state index in [-0.39, 0.29) is 46.8 Å². The predicted molar refractivity (Wildman–Crippen MR) is 151 cm³/mol. The van der Waals surface area contributed by atoms with Gasteiger partial charge in [0.25, 0.3) is 11.5 Å². The summed E-state index contributed by atoms with van der Waals surface area (Å²) >= 11 is 0.